The van der Waals surface area contributed by atoms with E-state index in [0.29, 0.717) is 35.5 Å². The van der Waals surface area contributed by atoms with E-state index in [2.05, 4.69) is 17.2 Å². The molecule has 1 saturated heterocycles. The molecule has 0 aliphatic carbocycles. The van der Waals surface area contributed by atoms with E-state index < -0.39 is 0 Å². The summed E-state index contributed by atoms with van der Waals surface area (Å²) in [4.78, 5) is 18.6. The highest BCUT2D eigenvalue weighted by atomic mass is 35.5. The van der Waals surface area contributed by atoms with E-state index in [1.807, 2.05) is 0 Å². The van der Waals surface area contributed by atoms with Crippen molar-refractivity contribution in [1.29, 1.82) is 0 Å². The van der Waals surface area contributed by atoms with E-state index in [0.717, 1.165) is 25.8 Å². The van der Waals surface area contributed by atoms with Crippen LogP contribution in [-0.4, -0.2) is 47.1 Å². The van der Waals surface area contributed by atoms with Crippen LogP contribution < -0.4 is 5.32 Å². The van der Waals surface area contributed by atoms with Gasteiger partial charge in [0.2, 0.25) is 0 Å². The SMILES string of the molecule is CCCNc1ccc(Cl)c(C(=O)N2CCC(CCO)C2)n1. The van der Waals surface area contributed by atoms with Gasteiger partial charge in [-0.1, -0.05) is 18.5 Å². The molecule has 2 rings (SSSR count). The topological polar surface area (TPSA) is 65.5 Å². The molecule has 0 bridgehead atoms. The highest BCUT2D eigenvalue weighted by molar-refractivity contribution is 6.33. The van der Waals surface area contributed by atoms with E-state index in [1.54, 1.807) is 17.0 Å². The Morgan fingerprint density at radius 1 is 1.57 bits per heavy atom. The Labute approximate surface area is 130 Å². The third kappa shape index (κ3) is 4.08. The van der Waals surface area contributed by atoms with Gasteiger partial charge in [-0.25, -0.2) is 4.98 Å². The molecule has 2 heterocycles. The maximum absolute atomic E-state index is 12.5. The number of pyridine rings is 1. The Morgan fingerprint density at radius 2 is 2.38 bits per heavy atom. The Kier molecular flexibility index (Phi) is 5.82. The van der Waals surface area contributed by atoms with Crippen LogP contribution in [0.4, 0.5) is 5.82 Å². The molecular weight excluding hydrogens is 290 g/mol. The number of hydrogen-bond acceptors (Lipinski definition) is 4. The van der Waals surface area contributed by atoms with Crippen molar-refractivity contribution in [3.63, 3.8) is 0 Å². The Bertz CT molecular complexity index is 496. The fourth-order valence-electron chi connectivity index (χ4n) is 2.53. The van der Waals surface area contributed by atoms with Crippen molar-refractivity contribution in [1.82, 2.24) is 9.88 Å². The Hall–Kier alpha value is -1.33. The molecule has 0 saturated carbocycles. The van der Waals surface area contributed by atoms with E-state index in [9.17, 15) is 4.79 Å². The predicted octanol–water partition coefficient (Wildman–Crippen LogP) is 2.40. The van der Waals surface area contributed by atoms with Crippen LogP contribution in [0.5, 0.6) is 0 Å². The first-order valence-electron chi connectivity index (χ1n) is 7.46. The maximum atomic E-state index is 12.5. The van der Waals surface area contributed by atoms with Crippen molar-refractivity contribution in [3.8, 4) is 0 Å². The van der Waals surface area contributed by atoms with Gasteiger partial charge in [-0.15, -0.1) is 0 Å². The first kappa shape index (κ1) is 16.0. The Balaban J connectivity index is 2.08. The van der Waals surface area contributed by atoms with E-state index in [1.165, 1.54) is 0 Å². The van der Waals surface area contributed by atoms with Gasteiger partial charge >= 0.3 is 0 Å². The van der Waals surface area contributed by atoms with Gasteiger partial charge in [0.05, 0.1) is 5.02 Å². The first-order chi connectivity index (χ1) is 10.2. The molecule has 5 nitrogen and oxygen atoms in total. The normalized spacial score (nSPS) is 18.0. The van der Waals surface area contributed by atoms with E-state index in [4.69, 9.17) is 16.7 Å². The summed E-state index contributed by atoms with van der Waals surface area (Å²) in [6, 6.07) is 3.49. The highest BCUT2D eigenvalue weighted by Gasteiger charge is 2.28. The van der Waals surface area contributed by atoms with Crippen molar-refractivity contribution >= 4 is 23.3 Å². The average Bonchev–Trinajstić information content (AvgIpc) is 2.95. The molecule has 1 unspecified atom stereocenters. The number of rotatable bonds is 6. The molecule has 1 aromatic rings. The molecule has 6 heteroatoms. The number of aliphatic hydroxyl groups is 1. The summed E-state index contributed by atoms with van der Waals surface area (Å²) in [7, 11) is 0. The zero-order chi connectivity index (χ0) is 15.2. The van der Waals surface area contributed by atoms with Crippen molar-refractivity contribution in [3.05, 3.63) is 22.8 Å². The van der Waals surface area contributed by atoms with Gasteiger partial charge < -0.3 is 15.3 Å². The molecule has 1 aromatic heterocycles. The largest absolute Gasteiger partial charge is 0.396 e. The van der Waals surface area contributed by atoms with Gasteiger partial charge in [0.1, 0.15) is 11.5 Å². The summed E-state index contributed by atoms with van der Waals surface area (Å²) in [6.07, 6.45) is 2.66. The van der Waals surface area contributed by atoms with Crippen molar-refractivity contribution in [2.24, 2.45) is 5.92 Å². The molecule has 0 radical (unpaired) electrons. The number of likely N-dealkylation sites (tertiary alicyclic amines) is 1. The minimum atomic E-state index is -0.124. The molecule has 0 aromatic carbocycles. The summed E-state index contributed by atoms with van der Waals surface area (Å²) >= 11 is 6.12. The second-order valence-corrected chi connectivity index (χ2v) is 5.78. The lowest BCUT2D eigenvalue weighted by atomic mass is 10.1. The van der Waals surface area contributed by atoms with Crippen LogP contribution in [0, 0.1) is 5.92 Å². The molecule has 2 N–H and O–H groups in total. The molecule has 1 aliphatic rings. The molecule has 21 heavy (non-hydrogen) atoms. The third-order valence-electron chi connectivity index (χ3n) is 3.72. The summed E-state index contributed by atoms with van der Waals surface area (Å²) in [6.45, 7) is 4.42. The summed E-state index contributed by atoms with van der Waals surface area (Å²) in [5.41, 5.74) is 0.308. The van der Waals surface area contributed by atoms with Crippen LogP contribution >= 0.6 is 11.6 Å². The van der Waals surface area contributed by atoms with Crippen LogP contribution in [0.25, 0.3) is 0 Å². The maximum Gasteiger partial charge on any atom is 0.274 e. The quantitative estimate of drug-likeness (QED) is 0.846. The third-order valence-corrected chi connectivity index (χ3v) is 4.02. The van der Waals surface area contributed by atoms with Crippen molar-refractivity contribution < 1.29 is 9.90 Å². The van der Waals surface area contributed by atoms with Crippen LogP contribution in [0.15, 0.2) is 12.1 Å². The summed E-state index contributed by atoms with van der Waals surface area (Å²) < 4.78 is 0. The minimum absolute atomic E-state index is 0.124. The lowest BCUT2D eigenvalue weighted by molar-refractivity contribution is 0.0779. The highest BCUT2D eigenvalue weighted by Crippen LogP contribution is 2.24. The fraction of sp³-hybridized carbons (Fsp3) is 0.600. The van der Waals surface area contributed by atoms with Gasteiger partial charge in [-0.3, -0.25) is 4.79 Å². The van der Waals surface area contributed by atoms with E-state index >= 15 is 0 Å². The molecule has 1 aliphatic heterocycles. The lowest BCUT2D eigenvalue weighted by Gasteiger charge is -2.17. The lowest BCUT2D eigenvalue weighted by Crippen LogP contribution is -2.30. The number of nitrogens with one attached hydrogen (secondary N) is 1. The number of carbonyl (C=O) groups is 1. The standard InChI is InChI=1S/C15H22ClN3O2/c1-2-7-17-13-4-3-12(16)14(18-13)15(21)19-8-5-11(10-19)6-9-20/h3-4,11,20H,2,5-10H2,1H3,(H,17,18). The van der Waals surface area contributed by atoms with Gasteiger partial charge in [0.25, 0.3) is 5.91 Å². The number of nitrogens with zero attached hydrogens (tertiary/aromatic N) is 2. The van der Waals surface area contributed by atoms with Gasteiger partial charge in [0, 0.05) is 26.2 Å². The molecule has 1 fully saturated rings. The van der Waals surface area contributed by atoms with Crippen LogP contribution in [-0.2, 0) is 0 Å². The predicted molar refractivity (Wildman–Crippen MR) is 83.7 cm³/mol. The zero-order valence-electron chi connectivity index (χ0n) is 12.3. The number of anilines is 1. The number of aromatic nitrogens is 1. The number of halogens is 1. The molecule has 0 spiro atoms. The molecule has 1 amide bonds. The second-order valence-electron chi connectivity index (χ2n) is 5.37. The van der Waals surface area contributed by atoms with Gasteiger partial charge in [-0.05, 0) is 37.3 Å². The van der Waals surface area contributed by atoms with Crippen molar-refractivity contribution in [2.45, 2.75) is 26.2 Å². The summed E-state index contributed by atoms with van der Waals surface area (Å²) in [5, 5.41) is 12.5. The fourth-order valence-corrected chi connectivity index (χ4v) is 2.71. The van der Waals surface area contributed by atoms with Crippen molar-refractivity contribution in [2.75, 3.05) is 31.6 Å². The smallest absolute Gasteiger partial charge is 0.274 e. The average molecular weight is 312 g/mol. The molecular formula is C15H22ClN3O2. The van der Waals surface area contributed by atoms with Gasteiger partial charge in [0.15, 0.2) is 0 Å². The summed E-state index contributed by atoms with van der Waals surface area (Å²) in [5.74, 6) is 0.926. The van der Waals surface area contributed by atoms with Crippen LogP contribution in [0.1, 0.15) is 36.7 Å². The first-order valence-corrected chi connectivity index (χ1v) is 7.84. The van der Waals surface area contributed by atoms with Crippen LogP contribution in [0.3, 0.4) is 0 Å². The second kappa shape index (κ2) is 7.61. The zero-order valence-corrected chi connectivity index (χ0v) is 13.1. The van der Waals surface area contributed by atoms with Crippen LogP contribution in [0.2, 0.25) is 5.02 Å². The number of hydrogen-bond donors (Lipinski definition) is 2. The number of carbonyl (C=O) groups excluding carboxylic acids is 1. The number of amides is 1. The Morgan fingerprint density at radius 3 is 3.10 bits per heavy atom. The van der Waals surface area contributed by atoms with E-state index in [-0.39, 0.29) is 12.5 Å². The molecule has 1 atom stereocenters. The number of aliphatic hydroxyl groups excluding tert-OH is 1. The monoisotopic (exact) mass is 311 g/mol. The molecule has 116 valence electrons. The van der Waals surface area contributed by atoms with Gasteiger partial charge in [-0.2, -0.15) is 0 Å². The minimum Gasteiger partial charge on any atom is -0.396 e.